The highest BCUT2D eigenvalue weighted by atomic mass is 16.5. The van der Waals surface area contributed by atoms with Gasteiger partial charge < -0.3 is 29.9 Å². The summed E-state index contributed by atoms with van der Waals surface area (Å²) < 4.78 is 10.6. The third-order valence-electron chi connectivity index (χ3n) is 5.02. The smallest absolute Gasteiger partial charge is 0.255 e. The molecular formula is C23H26N2O6. The lowest BCUT2D eigenvalue weighted by molar-refractivity contribution is 0.102. The summed E-state index contributed by atoms with van der Waals surface area (Å²) in [4.78, 5) is 12.9. The molecule has 0 spiro atoms. The first-order valence-electron chi connectivity index (χ1n) is 9.96. The number of methoxy groups -OCH3 is 1. The van der Waals surface area contributed by atoms with E-state index in [-0.39, 0.29) is 40.1 Å². The summed E-state index contributed by atoms with van der Waals surface area (Å²) >= 11 is 0. The first-order valence-corrected chi connectivity index (χ1v) is 9.96. The van der Waals surface area contributed by atoms with Crippen molar-refractivity contribution in [1.82, 2.24) is 5.16 Å². The van der Waals surface area contributed by atoms with E-state index in [1.807, 2.05) is 13.8 Å². The van der Waals surface area contributed by atoms with Gasteiger partial charge in [0.05, 0.1) is 12.7 Å². The van der Waals surface area contributed by atoms with Crippen LogP contribution in [0.1, 0.15) is 60.8 Å². The molecule has 0 aliphatic heterocycles. The number of hydrogen-bond acceptors (Lipinski definition) is 7. The van der Waals surface area contributed by atoms with Crippen LogP contribution in [0.5, 0.6) is 17.2 Å². The number of benzene rings is 2. The third kappa shape index (κ3) is 4.49. The third-order valence-corrected chi connectivity index (χ3v) is 5.02. The maximum absolute atomic E-state index is 12.9. The molecule has 164 valence electrons. The molecule has 8 heteroatoms. The van der Waals surface area contributed by atoms with Gasteiger partial charge in [-0.3, -0.25) is 4.79 Å². The number of aromatic hydroxyl groups is 2. The van der Waals surface area contributed by atoms with E-state index in [0.29, 0.717) is 23.3 Å². The number of anilines is 1. The summed E-state index contributed by atoms with van der Waals surface area (Å²) in [6.07, 6.45) is -0.636. The number of aliphatic hydroxyl groups is 1. The van der Waals surface area contributed by atoms with Gasteiger partial charge in [0.1, 0.15) is 34.7 Å². The lowest BCUT2D eigenvalue weighted by Gasteiger charge is -2.13. The predicted molar refractivity (Wildman–Crippen MR) is 116 cm³/mol. The number of amides is 1. The zero-order valence-electron chi connectivity index (χ0n) is 17.8. The number of nitrogens with zero attached hydrogens (tertiary/aromatic N) is 1. The van der Waals surface area contributed by atoms with Gasteiger partial charge in [0.2, 0.25) is 0 Å². The summed E-state index contributed by atoms with van der Waals surface area (Å²) in [5, 5.41) is 37.7. The van der Waals surface area contributed by atoms with Crippen LogP contribution in [0, 0.1) is 0 Å². The van der Waals surface area contributed by atoms with Crippen molar-refractivity contribution in [2.75, 3.05) is 12.4 Å². The minimum Gasteiger partial charge on any atom is -0.508 e. The zero-order valence-corrected chi connectivity index (χ0v) is 17.8. The van der Waals surface area contributed by atoms with Crippen molar-refractivity contribution in [2.45, 2.75) is 39.2 Å². The van der Waals surface area contributed by atoms with Crippen molar-refractivity contribution in [3.05, 3.63) is 53.2 Å². The van der Waals surface area contributed by atoms with Crippen LogP contribution in [0.3, 0.4) is 0 Å². The fraction of sp³-hybridized carbons (Fsp3) is 0.304. The van der Waals surface area contributed by atoms with E-state index in [1.54, 1.807) is 37.3 Å². The minimum atomic E-state index is -0.979. The first kappa shape index (κ1) is 22.2. The van der Waals surface area contributed by atoms with Gasteiger partial charge in [-0.2, -0.15) is 0 Å². The molecule has 1 heterocycles. The van der Waals surface area contributed by atoms with E-state index in [9.17, 15) is 20.1 Å². The van der Waals surface area contributed by atoms with E-state index in [1.165, 1.54) is 13.2 Å². The number of rotatable bonds is 7. The van der Waals surface area contributed by atoms with Gasteiger partial charge in [-0.1, -0.05) is 25.9 Å². The molecule has 0 bridgehead atoms. The second-order valence-electron chi connectivity index (χ2n) is 7.46. The summed E-state index contributed by atoms with van der Waals surface area (Å²) in [5.41, 5.74) is 1.51. The summed E-state index contributed by atoms with van der Waals surface area (Å²) in [6.45, 7) is 5.56. The van der Waals surface area contributed by atoms with Crippen LogP contribution < -0.4 is 10.1 Å². The molecule has 0 aliphatic rings. The molecule has 0 aliphatic carbocycles. The Kier molecular flexibility index (Phi) is 6.50. The molecule has 0 radical (unpaired) electrons. The Morgan fingerprint density at radius 3 is 2.42 bits per heavy atom. The molecule has 1 atom stereocenters. The Morgan fingerprint density at radius 2 is 1.84 bits per heavy atom. The maximum atomic E-state index is 12.9. The monoisotopic (exact) mass is 426 g/mol. The van der Waals surface area contributed by atoms with Crippen molar-refractivity contribution >= 4 is 11.6 Å². The molecule has 31 heavy (non-hydrogen) atoms. The van der Waals surface area contributed by atoms with Crippen molar-refractivity contribution in [2.24, 2.45) is 0 Å². The van der Waals surface area contributed by atoms with Gasteiger partial charge >= 0.3 is 0 Å². The molecule has 0 saturated heterocycles. The van der Waals surface area contributed by atoms with Crippen LogP contribution in [-0.2, 0) is 0 Å². The molecule has 1 amide bonds. The molecule has 4 N–H and O–H groups in total. The molecule has 0 saturated carbocycles. The van der Waals surface area contributed by atoms with Crippen LogP contribution >= 0.6 is 0 Å². The Labute approximate surface area is 180 Å². The Morgan fingerprint density at radius 1 is 1.16 bits per heavy atom. The van der Waals surface area contributed by atoms with E-state index in [2.05, 4.69) is 10.5 Å². The lowest BCUT2D eigenvalue weighted by atomic mass is 9.97. The highest BCUT2D eigenvalue weighted by Gasteiger charge is 2.27. The van der Waals surface area contributed by atoms with Crippen molar-refractivity contribution in [1.29, 1.82) is 0 Å². The second-order valence-corrected chi connectivity index (χ2v) is 7.46. The standard InChI is InChI=1S/C23H26N2O6/c1-5-17(26)20-21(24-23(29)13-6-8-14(30-4)9-7-13)22(31-25-20)16-10-15(12(2)3)18(27)11-19(16)28/h6-12,17,26-28H,5H2,1-4H3,(H,24,29). The summed E-state index contributed by atoms with van der Waals surface area (Å²) in [5.74, 6) is -0.0634. The Bertz CT molecular complexity index is 1070. The molecule has 0 fully saturated rings. The largest absolute Gasteiger partial charge is 0.508 e. The number of phenolic OH excluding ortho intramolecular Hbond substituents is 2. The zero-order chi connectivity index (χ0) is 22.7. The average Bonchev–Trinajstić information content (AvgIpc) is 3.16. The number of ether oxygens (including phenoxy) is 1. The highest BCUT2D eigenvalue weighted by Crippen LogP contribution is 2.43. The van der Waals surface area contributed by atoms with Gasteiger partial charge in [0, 0.05) is 11.6 Å². The van der Waals surface area contributed by atoms with Gasteiger partial charge in [0.25, 0.3) is 5.91 Å². The minimum absolute atomic E-state index is 0.0275. The fourth-order valence-electron chi connectivity index (χ4n) is 3.19. The summed E-state index contributed by atoms with van der Waals surface area (Å²) in [7, 11) is 1.53. The number of carbonyl (C=O) groups is 1. The van der Waals surface area contributed by atoms with Gasteiger partial charge in [-0.25, -0.2) is 0 Å². The second kappa shape index (κ2) is 9.09. The average molecular weight is 426 g/mol. The molecule has 8 nitrogen and oxygen atoms in total. The summed E-state index contributed by atoms with van der Waals surface area (Å²) in [6, 6.07) is 9.33. The van der Waals surface area contributed by atoms with E-state index < -0.39 is 12.0 Å². The fourth-order valence-corrected chi connectivity index (χ4v) is 3.19. The van der Waals surface area contributed by atoms with E-state index in [0.717, 1.165) is 0 Å². The van der Waals surface area contributed by atoms with Crippen LogP contribution in [0.2, 0.25) is 0 Å². The van der Waals surface area contributed by atoms with Crippen LogP contribution in [0.15, 0.2) is 40.9 Å². The number of carbonyl (C=O) groups excluding carboxylic acids is 1. The topological polar surface area (TPSA) is 125 Å². The highest BCUT2D eigenvalue weighted by molar-refractivity contribution is 6.06. The van der Waals surface area contributed by atoms with E-state index >= 15 is 0 Å². The van der Waals surface area contributed by atoms with Gasteiger partial charge in [-0.15, -0.1) is 0 Å². The molecule has 1 aromatic heterocycles. The Hall–Kier alpha value is -3.52. The molecule has 3 aromatic rings. The normalized spacial score (nSPS) is 12.1. The number of aromatic nitrogens is 1. The Balaban J connectivity index is 2.08. The molecule has 3 rings (SSSR count). The van der Waals surface area contributed by atoms with Crippen molar-refractivity contribution in [3.8, 4) is 28.6 Å². The van der Waals surface area contributed by atoms with Crippen molar-refractivity contribution < 1.29 is 29.4 Å². The van der Waals surface area contributed by atoms with Crippen LogP contribution in [0.25, 0.3) is 11.3 Å². The number of nitrogens with one attached hydrogen (secondary N) is 1. The van der Waals surface area contributed by atoms with Crippen LogP contribution in [0.4, 0.5) is 5.69 Å². The quantitative estimate of drug-likeness (QED) is 0.436. The maximum Gasteiger partial charge on any atom is 0.255 e. The van der Waals surface area contributed by atoms with E-state index in [4.69, 9.17) is 9.26 Å². The number of phenols is 2. The SMILES string of the molecule is CCC(O)c1noc(-c2cc(C(C)C)c(O)cc2O)c1NC(=O)c1ccc(OC)cc1. The lowest BCUT2D eigenvalue weighted by Crippen LogP contribution is -2.14. The molecule has 2 aromatic carbocycles. The van der Waals surface area contributed by atoms with Gasteiger partial charge in [-0.05, 0) is 48.2 Å². The molecule has 1 unspecified atom stereocenters. The first-order chi connectivity index (χ1) is 14.8. The number of aliphatic hydroxyl groups excluding tert-OH is 1. The van der Waals surface area contributed by atoms with Crippen molar-refractivity contribution in [3.63, 3.8) is 0 Å². The molecular weight excluding hydrogens is 400 g/mol. The van der Waals surface area contributed by atoms with Crippen LogP contribution in [-0.4, -0.2) is 33.5 Å². The number of hydrogen-bond donors (Lipinski definition) is 4. The van der Waals surface area contributed by atoms with Gasteiger partial charge in [0.15, 0.2) is 5.76 Å². The predicted octanol–water partition coefficient (Wildman–Crippen LogP) is 4.58.